The molecular weight excluding hydrogens is 611 g/mol. The molecule has 5 rings (SSSR count). The van der Waals surface area contributed by atoms with Gasteiger partial charge in [0.25, 0.3) is 11.8 Å². The Bertz CT molecular complexity index is 1240. The molecule has 1 aliphatic heterocycles. The normalized spacial score (nSPS) is 25.0. The number of allylic oxidation sites excluding steroid dienone is 2. The van der Waals surface area contributed by atoms with Crippen LogP contribution in [0.25, 0.3) is 0 Å². The molecule has 0 N–H and O–H groups in total. The second kappa shape index (κ2) is 9.30. The molecule has 2 fully saturated rings. The molecule has 1 heterocycles. The fraction of sp³-hybridized carbons (Fsp3) is 0.292. The summed E-state index contributed by atoms with van der Waals surface area (Å²) in [6, 6.07) is 6.90. The Morgan fingerprint density at radius 1 is 1.09 bits per heavy atom. The minimum atomic E-state index is -0.292. The maximum Gasteiger partial charge on any atom is 0.254 e. The SMILES string of the molecule is COc1cc(C=NN2C(=O)[C@@H]3[C@H](C2=O)[C@H]2C=C[C@H]3C2)c(Br)c(Br)c1OCc1ccc(Cl)cc1Cl. The van der Waals surface area contributed by atoms with Crippen molar-refractivity contribution in [3.8, 4) is 11.5 Å². The van der Waals surface area contributed by atoms with Crippen LogP contribution in [0.3, 0.4) is 0 Å². The zero-order valence-corrected chi connectivity index (χ0v) is 22.5. The van der Waals surface area contributed by atoms with Gasteiger partial charge in [-0.25, -0.2) is 0 Å². The molecule has 176 valence electrons. The lowest BCUT2D eigenvalue weighted by atomic mass is 9.85. The summed E-state index contributed by atoms with van der Waals surface area (Å²) in [7, 11) is 1.52. The number of rotatable bonds is 6. The molecule has 6 nitrogen and oxygen atoms in total. The van der Waals surface area contributed by atoms with Crippen LogP contribution in [0, 0.1) is 23.7 Å². The number of ether oxygens (including phenoxy) is 2. The second-order valence-corrected chi connectivity index (χ2v) is 10.8. The number of hydrazone groups is 1. The number of hydrogen-bond donors (Lipinski definition) is 0. The lowest BCUT2D eigenvalue weighted by Gasteiger charge is -2.16. The van der Waals surface area contributed by atoms with Crippen LogP contribution in [0.15, 0.2) is 50.5 Å². The highest BCUT2D eigenvalue weighted by molar-refractivity contribution is 9.13. The summed E-state index contributed by atoms with van der Waals surface area (Å²) in [6.45, 7) is 0.195. The summed E-state index contributed by atoms with van der Waals surface area (Å²) >= 11 is 19.3. The largest absolute Gasteiger partial charge is 0.493 e. The molecule has 10 heteroatoms. The van der Waals surface area contributed by atoms with E-state index in [0.29, 0.717) is 36.1 Å². The summed E-state index contributed by atoms with van der Waals surface area (Å²) in [6.07, 6.45) is 6.46. The van der Waals surface area contributed by atoms with E-state index in [9.17, 15) is 9.59 Å². The number of fused-ring (bicyclic) bond motifs is 5. The van der Waals surface area contributed by atoms with Crippen molar-refractivity contribution in [3.05, 3.63) is 66.5 Å². The quantitative estimate of drug-likeness (QED) is 0.216. The zero-order valence-electron chi connectivity index (χ0n) is 17.8. The first-order valence-electron chi connectivity index (χ1n) is 10.5. The lowest BCUT2D eigenvalue weighted by molar-refractivity contribution is -0.140. The maximum absolute atomic E-state index is 12.9. The number of benzene rings is 2. The Kier molecular flexibility index (Phi) is 6.52. The number of methoxy groups -OCH3 is 1. The monoisotopic (exact) mass is 626 g/mol. The predicted octanol–water partition coefficient (Wildman–Crippen LogP) is 6.25. The zero-order chi connectivity index (χ0) is 24.1. The van der Waals surface area contributed by atoms with E-state index in [1.165, 1.54) is 13.3 Å². The Hall–Kier alpha value is -1.87. The minimum absolute atomic E-state index is 0.137. The van der Waals surface area contributed by atoms with Gasteiger partial charge >= 0.3 is 0 Å². The van der Waals surface area contributed by atoms with Gasteiger partial charge in [-0.1, -0.05) is 41.4 Å². The van der Waals surface area contributed by atoms with Gasteiger partial charge in [0.2, 0.25) is 0 Å². The second-order valence-electron chi connectivity index (χ2n) is 8.38. The van der Waals surface area contributed by atoms with Gasteiger partial charge in [0.15, 0.2) is 11.5 Å². The van der Waals surface area contributed by atoms with Crippen molar-refractivity contribution in [2.75, 3.05) is 7.11 Å². The first-order valence-corrected chi connectivity index (χ1v) is 12.9. The van der Waals surface area contributed by atoms with Gasteiger partial charge in [-0.3, -0.25) is 9.59 Å². The number of hydrogen-bond acceptors (Lipinski definition) is 5. The molecule has 2 aromatic rings. The van der Waals surface area contributed by atoms with Crippen LogP contribution in [0.4, 0.5) is 0 Å². The Morgan fingerprint density at radius 3 is 2.38 bits per heavy atom. The van der Waals surface area contributed by atoms with E-state index in [-0.39, 0.29) is 42.1 Å². The third-order valence-corrected chi connectivity index (χ3v) is 9.25. The first kappa shape index (κ1) is 23.9. The van der Waals surface area contributed by atoms with E-state index >= 15 is 0 Å². The van der Waals surface area contributed by atoms with E-state index in [4.69, 9.17) is 32.7 Å². The third kappa shape index (κ3) is 3.98. The Morgan fingerprint density at radius 2 is 1.76 bits per heavy atom. The van der Waals surface area contributed by atoms with E-state index in [1.54, 1.807) is 24.3 Å². The van der Waals surface area contributed by atoms with Gasteiger partial charge in [-0.2, -0.15) is 10.1 Å². The lowest BCUT2D eigenvalue weighted by Crippen LogP contribution is -2.28. The van der Waals surface area contributed by atoms with E-state index in [0.717, 1.165) is 17.0 Å². The summed E-state index contributed by atoms with van der Waals surface area (Å²) in [4.78, 5) is 25.8. The molecule has 2 amide bonds. The van der Waals surface area contributed by atoms with Crippen molar-refractivity contribution in [2.24, 2.45) is 28.8 Å². The van der Waals surface area contributed by atoms with Crippen molar-refractivity contribution in [1.82, 2.24) is 5.01 Å². The molecule has 2 bridgehead atoms. The van der Waals surface area contributed by atoms with E-state index in [2.05, 4.69) is 49.1 Å². The van der Waals surface area contributed by atoms with Crippen molar-refractivity contribution in [1.29, 1.82) is 0 Å². The standard InChI is InChI=1S/C24H18Br2Cl2N2O4/c1-33-17-7-14(9-29-30-23(31)18-11-2-3-12(6-11)19(18)24(30)32)20(25)21(26)22(17)34-10-13-4-5-15(27)8-16(13)28/h2-5,7-9,11-12,18-19H,6,10H2,1H3/t11-,12-,18-,19+/m0/s1. The molecule has 1 saturated heterocycles. The first-order chi connectivity index (χ1) is 16.3. The molecule has 0 aromatic heterocycles. The number of imide groups is 1. The Labute approximate surface area is 223 Å². The summed E-state index contributed by atoms with van der Waals surface area (Å²) in [5, 5.41) is 6.32. The number of halogens is 4. The van der Waals surface area contributed by atoms with Crippen molar-refractivity contribution < 1.29 is 19.1 Å². The van der Waals surface area contributed by atoms with Crippen molar-refractivity contribution >= 4 is 73.1 Å². The van der Waals surface area contributed by atoms with Crippen LogP contribution in [0.2, 0.25) is 10.0 Å². The molecule has 0 spiro atoms. The van der Waals surface area contributed by atoms with Crippen LogP contribution >= 0.6 is 55.1 Å². The summed E-state index contributed by atoms with van der Waals surface area (Å²) < 4.78 is 12.7. The highest BCUT2D eigenvalue weighted by Gasteiger charge is 2.59. The summed E-state index contributed by atoms with van der Waals surface area (Å²) in [5.74, 6) is 0.133. The van der Waals surface area contributed by atoms with E-state index < -0.39 is 0 Å². The molecule has 34 heavy (non-hydrogen) atoms. The molecule has 2 aliphatic carbocycles. The molecular formula is C24H18Br2Cl2N2O4. The predicted molar refractivity (Wildman–Crippen MR) is 136 cm³/mol. The van der Waals surface area contributed by atoms with Crippen LogP contribution < -0.4 is 9.47 Å². The minimum Gasteiger partial charge on any atom is -0.493 e. The van der Waals surface area contributed by atoms with Gasteiger partial charge in [0.05, 0.1) is 29.6 Å². The molecule has 1 saturated carbocycles. The van der Waals surface area contributed by atoms with Crippen LogP contribution in [0.1, 0.15) is 17.5 Å². The molecule has 3 aliphatic rings. The number of nitrogens with zero attached hydrogens (tertiary/aromatic N) is 2. The van der Waals surface area contributed by atoms with Gasteiger partial charge < -0.3 is 9.47 Å². The smallest absolute Gasteiger partial charge is 0.254 e. The van der Waals surface area contributed by atoms with Crippen molar-refractivity contribution in [3.63, 3.8) is 0 Å². The van der Waals surface area contributed by atoms with Gasteiger partial charge in [0, 0.05) is 25.6 Å². The van der Waals surface area contributed by atoms with Crippen molar-refractivity contribution in [2.45, 2.75) is 13.0 Å². The van der Waals surface area contributed by atoms with Gasteiger partial charge in [-0.05, 0) is 68.3 Å². The number of carbonyl (C=O) groups excluding carboxylic acids is 2. The van der Waals surface area contributed by atoms with E-state index in [1.807, 2.05) is 0 Å². The van der Waals surface area contributed by atoms with Crippen LogP contribution in [-0.2, 0) is 16.2 Å². The maximum atomic E-state index is 12.9. The third-order valence-electron chi connectivity index (χ3n) is 6.52. The highest BCUT2D eigenvalue weighted by Crippen LogP contribution is 2.52. The Balaban J connectivity index is 1.38. The summed E-state index contributed by atoms with van der Waals surface area (Å²) in [5.41, 5.74) is 1.38. The van der Waals surface area contributed by atoms with Gasteiger partial charge in [0.1, 0.15) is 6.61 Å². The average Bonchev–Trinajstić information content (AvgIpc) is 3.49. The van der Waals surface area contributed by atoms with Gasteiger partial charge in [-0.15, -0.1) is 0 Å². The molecule has 4 atom stereocenters. The topological polar surface area (TPSA) is 68.2 Å². The fourth-order valence-electron chi connectivity index (χ4n) is 4.89. The molecule has 0 unspecified atom stereocenters. The fourth-order valence-corrected chi connectivity index (χ4v) is 6.29. The number of carbonyl (C=O) groups is 2. The highest BCUT2D eigenvalue weighted by atomic mass is 79.9. The van der Waals surface area contributed by atoms with Crippen LogP contribution in [-0.4, -0.2) is 30.1 Å². The molecule has 2 aromatic carbocycles. The number of amides is 2. The average molecular weight is 629 g/mol. The molecule has 0 radical (unpaired) electrons. The van der Waals surface area contributed by atoms with Crippen LogP contribution in [0.5, 0.6) is 11.5 Å².